The second kappa shape index (κ2) is 5.07. The number of nitrogens with one attached hydrogen (secondary N) is 2. The molecule has 0 bridgehead atoms. The van der Waals surface area contributed by atoms with Crippen LogP contribution in [-0.2, 0) is 9.59 Å². The lowest BCUT2D eigenvalue weighted by Crippen LogP contribution is -2.50. The van der Waals surface area contributed by atoms with Crippen LogP contribution < -0.4 is 15.4 Å². The minimum absolute atomic E-state index is 0.00235. The Bertz CT molecular complexity index is 588. The smallest absolute Gasteiger partial charge is 0.273 e. The molecular formula is C12H10N2O4S. The summed E-state index contributed by atoms with van der Waals surface area (Å²) in [5, 5.41) is 14.3. The molecule has 0 unspecified atom stereocenters. The van der Waals surface area contributed by atoms with Crippen molar-refractivity contribution in [2.45, 2.75) is 0 Å². The number of hydrogen-bond donors (Lipinski definition) is 3. The quantitative estimate of drug-likeness (QED) is 0.678. The van der Waals surface area contributed by atoms with Gasteiger partial charge >= 0.3 is 0 Å². The summed E-state index contributed by atoms with van der Waals surface area (Å²) in [5.74, 6) is -0.719. The lowest BCUT2D eigenvalue weighted by molar-refractivity contribution is -0.119. The Hall–Kier alpha value is -2.41. The molecule has 2 rings (SSSR count). The van der Waals surface area contributed by atoms with Crippen molar-refractivity contribution in [1.29, 1.82) is 0 Å². The van der Waals surface area contributed by atoms with Crippen LogP contribution in [-0.4, -0.2) is 28.9 Å². The highest BCUT2D eigenvalue weighted by Crippen LogP contribution is 2.26. The van der Waals surface area contributed by atoms with Crippen molar-refractivity contribution in [2.24, 2.45) is 0 Å². The first-order valence-corrected chi connectivity index (χ1v) is 5.67. The lowest BCUT2D eigenvalue weighted by Gasteiger charge is -2.17. The monoisotopic (exact) mass is 278 g/mol. The van der Waals surface area contributed by atoms with E-state index in [0.717, 1.165) is 0 Å². The Balaban J connectivity index is 2.29. The number of aromatic hydroxyl groups is 1. The van der Waals surface area contributed by atoms with Crippen molar-refractivity contribution >= 4 is 35.0 Å². The molecule has 1 aromatic rings. The molecule has 1 heterocycles. The predicted octanol–water partition coefficient (Wildman–Crippen LogP) is 0.315. The van der Waals surface area contributed by atoms with Gasteiger partial charge in [0.2, 0.25) is 0 Å². The summed E-state index contributed by atoms with van der Waals surface area (Å²) >= 11 is 4.62. The highest BCUT2D eigenvalue weighted by Gasteiger charge is 2.25. The van der Waals surface area contributed by atoms with E-state index in [1.165, 1.54) is 19.3 Å². The van der Waals surface area contributed by atoms with E-state index >= 15 is 0 Å². The number of amides is 2. The van der Waals surface area contributed by atoms with Crippen molar-refractivity contribution in [3.63, 3.8) is 0 Å². The second-order valence-electron chi connectivity index (χ2n) is 3.73. The third-order valence-electron chi connectivity index (χ3n) is 2.42. The van der Waals surface area contributed by atoms with Gasteiger partial charge in [0.15, 0.2) is 16.4 Å². The number of benzene rings is 1. The third kappa shape index (κ3) is 2.71. The molecule has 2 amide bonds. The van der Waals surface area contributed by atoms with Crippen LogP contribution >= 0.6 is 12.2 Å². The van der Waals surface area contributed by atoms with E-state index in [1.54, 1.807) is 12.1 Å². The molecule has 98 valence electrons. The topological polar surface area (TPSA) is 87.7 Å². The third-order valence-corrected chi connectivity index (χ3v) is 2.79. The van der Waals surface area contributed by atoms with Crippen LogP contribution in [0.3, 0.4) is 0 Å². The molecule has 7 heteroatoms. The van der Waals surface area contributed by atoms with Crippen LogP contribution in [0.4, 0.5) is 0 Å². The SMILES string of the molecule is COc1cc(C=C2NC(=O)C(=S)C(=O)N2)ccc1O. The van der Waals surface area contributed by atoms with Gasteiger partial charge in [-0.2, -0.15) is 0 Å². The largest absolute Gasteiger partial charge is 0.504 e. The molecule has 1 aliphatic rings. The lowest BCUT2D eigenvalue weighted by atomic mass is 10.2. The Morgan fingerprint density at radius 3 is 2.47 bits per heavy atom. The normalized spacial score (nSPS) is 14.8. The van der Waals surface area contributed by atoms with Crippen LogP contribution in [0.5, 0.6) is 11.5 Å². The summed E-state index contributed by atoms with van der Waals surface area (Å²) in [6.07, 6.45) is 1.53. The van der Waals surface area contributed by atoms with E-state index in [0.29, 0.717) is 11.3 Å². The Morgan fingerprint density at radius 2 is 1.89 bits per heavy atom. The van der Waals surface area contributed by atoms with Crippen molar-refractivity contribution in [2.75, 3.05) is 7.11 Å². The minimum atomic E-state index is -0.615. The van der Waals surface area contributed by atoms with Gasteiger partial charge in [-0.1, -0.05) is 18.3 Å². The first kappa shape index (κ1) is 13.0. The minimum Gasteiger partial charge on any atom is -0.504 e. The van der Waals surface area contributed by atoms with E-state index in [-0.39, 0.29) is 16.4 Å². The van der Waals surface area contributed by atoms with Crippen LogP contribution in [0.25, 0.3) is 6.08 Å². The molecule has 0 radical (unpaired) electrons. The number of phenolic OH excluding ortho intramolecular Hbond substituents is 1. The summed E-state index contributed by atoms with van der Waals surface area (Å²) in [7, 11) is 1.43. The molecule has 1 aromatic carbocycles. The second-order valence-corrected chi connectivity index (χ2v) is 4.13. The van der Waals surface area contributed by atoms with Gasteiger partial charge in [-0.25, -0.2) is 0 Å². The zero-order valence-electron chi connectivity index (χ0n) is 9.89. The Labute approximate surface area is 114 Å². The number of hydrogen-bond acceptors (Lipinski definition) is 5. The molecule has 19 heavy (non-hydrogen) atoms. The fourth-order valence-corrected chi connectivity index (χ4v) is 1.62. The zero-order chi connectivity index (χ0) is 14.0. The standard InChI is InChI=1S/C12H10N2O4S/c1-18-8-4-6(2-3-7(8)15)5-9-13-11(16)10(19)12(17)14-9/h2-5,15H,1H3,(H,13,16)(H,14,17). The fraction of sp³-hybridized carbons (Fsp3) is 0.0833. The summed E-state index contributed by atoms with van der Waals surface area (Å²) in [5.41, 5.74) is 0.637. The van der Waals surface area contributed by atoms with Gasteiger partial charge in [0.1, 0.15) is 5.82 Å². The van der Waals surface area contributed by atoms with Gasteiger partial charge in [0, 0.05) is 0 Å². The van der Waals surface area contributed by atoms with Gasteiger partial charge in [-0.3, -0.25) is 9.59 Å². The number of carbonyl (C=O) groups is 2. The van der Waals surface area contributed by atoms with Crippen LogP contribution in [0.2, 0.25) is 0 Å². The zero-order valence-corrected chi connectivity index (χ0v) is 10.7. The molecule has 0 spiro atoms. The molecule has 0 atom stereocenters. The van der Waals surface area contributed by atoms with Crippen molar-refractivity contribution in [3.05, 3.63) is 29.6 Å². The Morgan fingerprint density at radius 1 is 1.26 bits per heavy atom. The molecule has 1 fully saturated rings. The van der Waals surface area contributed by atoms with Gasteiger partial charge in [0.25, 0.3) is 11.8 Å². The molecule has 1 saturated heterocycles. The fourth-order valence-electron chi connectivity index (χ4n) is 1.52. The maximum absolute atomic E-state index is 11.4. The summed E-state index contributed by atoms with van der Waals surface area (Å²) in [6.45, 7) is 0. The highest BCUT2D eigenvalue weighted by atomic mass is 32.1. The number of methoxy groups -OCH3 is 1. The molecular weight excluding hydrogens is 268 g/mol. The molecule has 0 aliphatic carbocycles. The summed E-state index contributed by atoms with van der Waals surface area (Å²) in [4.78, 5) is 22.4. The van der Waals surface area contributed by atoms with E-state index < -0.39 is 11.8 Å². The maximum Gasteiger partial charge on any atom is 0.273 e. The number of phenols is 1. The molecule has 0 aromatic heterocycles. The van der Waals surface area contributed by atoms with Gasteiger partial charge in [-0.05, 0) is 23.8 Å². The van der Waals surface area contributed by atoms with Crippen LogP contribution in [0, 0.1) is 0 Å². The van der Waals surface area contributed by atoms with Crippen LogP contribution in [0.1, 0.15) is 5.56 Å². The molecule has 1 aliphatic heterocycles. The Kier molecular flexibility index (Phi) is 3.48. The maximum atomic E-state index is 11.4. The molecule has 3 N–H and O–H groups in total. The van der Waals surface area contributed by atoms with Crippen LogP contribution in [0.15, 0.2) is 24.0 Å². The number of rotatable bonds is 2. The van der Waals surface area contributed by atoms with E-state index in [1.807, 2.05) is 0 Å². The van der Waals surface area contributed by atoms with Crippen molar-refractivity contribution in [1.82, 2.24) is 10.6 Å². The van der Waals surface area contributed by atoms with Crippen molar-refractivity contribution < 1.29 is 19.4 Å². The van der Waals surface area contributed by atoms with Crippen molar-refractivity contribution in [3.8, 4) is 11.5 Å². The summed E-state index contributed by atoms with van der Waals surface area (Å²) in [6, 6.07) is 4.62. The first-order chi connectivity index (χ1) is 9.01. The number of ether oxygens (including phenoxy) is 1. The van der Waals surface area contributed by atoms with Gasteiger partial charge in [0.05, 0.1) is 7.11 Å². The van der Waals surface area contributed by atoms with E-state index in [2.05, 4.69) is 22.9 Å². The average Bonchev–Trinajstić information content (AvgIpc) is 2.38. The van der Waals surface area contributed by atoms with E-state index in [4.69, 9.17) is 4.74 Å². The number of thiocarbonyl (C=S) groups is 1. The number of carbonyl (C=O) groups excluding carboxylic acids is 2. The molecule has 6 nitrogen and oxygen atoms in total. The average molecular weight is 278 g/mol. The van der Waals surface area contributed by atoms with Gasteiger partial charge < -0.3 is 20.5 Å². The molecule has 0 saturated carbocycles. The first-order valence-electron chi connectivity index (χ1n) is 5.26. The summed E-state index contributed by atoms with van der Waals surface area (Å²) < 4.78 is 4.96. The predicted molar refractivity (Wildman–Crippen MR) is 71.5 cm³/mol. The highest BCUT2D eigenvalue weighted by molar-refractivity contribution is 7.84. The van der Waals surface area contributed by atoms with E-state index in [9.17, 15) is 14.7 Å². The van der Waals surface area contributed by atoms with Gasteiger partial charge in [-0.15, -0.1) is 0 Å².